The fourth-order valence-corrected chi connectivity index (χ4v) is 4.32. The van der Waals surface area contributed by atoms with Crippen LogP contribution in [0.2, 0.25) is 5.02 Å². The van der Waals surface area contributed by atoms with E-state index in [4.69, 9.17) is 11.6 Å². The molecule has 0 aliphatic carbocycles. The molecule has 2 aliphatic rings. The Bertz CT molecular complexity index is 1010. The number of fused-ring (bicyclic) bond motifs is 1. The van der Waals surface area contributed by atoms with Crippen molar-refractivity contribution in [3.8, 4) is 0 Å². The molecule has 11 heteroatoms. The summed E-state index contributed by atoms with van der Waals surface area (Å²) in [4.78, 5) is 28.3. The molecule has 3 N–H and O–H groups in total. The molecular weight excluding hydrogens is 427 g/mol. The van der Waals surface area contributed by atoms with Crippen LogP contribution in [0.1, 0.15) is 19.0 Å². The van der Waals surface area contributed by atoms with E-state index >= 15 is 0 Å². The molecule has 2 unspecified atom stereocenters. The van der Waals surface area contributed by atoms with Crippen LogP contribution in [0, 0.1) is 11.7 Å². The molecule has 9 nitrogen and oxygen atoms in total. The third-order valence-electron chi connectivity index (χ3n) is 5.85. The maximum absolute atomic E-state index is 13.4. The lowest BCUT2D eigenvalue weighted by Gasteiger charge is -2.35. The average molecular weight is 451 g/mol. The second kappa shape index (κ2) is 8.35. The summed E-state index contributed by atoms with van der Waals surface area (Å²) in [6, 6.07) is 3.52. The number of amides is 3. The van der Waals surface area contributed by atoms with Crippen LogP contribution >= 0.6 is 11.6 Å². The van der Waals surface area contributed by atoms with Gasteiger partial charge in [0.25, 0.3) is 0 Å². The largest absolute Gasteiger partial charge is 0.374 e. The van der Waals surface area contributed by atoms with Crippen molar-refractivity contribution < 1.29 is 19.1 Å². The van der Waals surface area contributed by atoms with Gasteiger partial charge in [-0.25, -0.2) is 9.18 Å². The average Bonchev–Trinajstić information content (AvgIpc) is 3.32. The Morgan fingerprint density at radius 1 is 1.32 bits per heavy atom. The summed E-state index contributed by atoms with van der Waals surface area (Å²) in [5, 5.41) is 20.2. The first-order valence-corrected chi connectivity index (χ1v) is 10.4. The van der Waals surface area contributed by atoms with Gasteiger partial charge >= 0.3 is 6.03 Å². The highest BCUT2D eigenvalue weighted by atomic mass is 35.5. The van der Waals surface area contributed by atoms with Gasteiger partial charge in [0.2, 0.25) is 5.91 Å². The third-order valence-corrected chi connectivity index (χ3v) is 6.14. The van der Waals surface area contributed by atoms with Crippen LogP contribution in [0.4, 0.5) is 20.6 Å². The Balaban J connectivity index is 1.53. The zero-order chi connectivity index (χ0) is 22.3. The van der Waals surface area contributed by atoms with E-state index < -0.39 is 12.0 Å². The van der Waals surface area contributed by atoms with Crippen molar-refractivity contribution in [2.75, 3.05) is 23.8 Å². The maximum Gasteiger partial charge on any atom is 0.322 e. The Kier molecular flexibility index (Phi) is 5.76. The van der Waals surface area contributed by atoms with E-state index in [9.17, 15) is 19.1 Å². The lowest BCUT2D eigenvalue weighted by atomic mass is 10.1. The zero-order valence-electron chi connectivity index (χ0n) is 17.2. The third kappa shape index (κ3) is 4.05. The topological polar surface area (TPSA) is 103 Å². The lowest BCUT2D eigenvalue weighted by molar-refractivity contribution is -0.124. The van der Waals surface area contributed by atoms with Gasteiger partial charge < -0.3 is 25.5 Å². The number of nitrogens with one attached hydrogen (secondary N) is 2. The number of carbonyl (C=O) groups excluding carboxylic acids is 2. The van der Waals surface area contributed by atoms with Crippen LogP contribution in [0.25, 0.3) is 0 Å². The predicted octanol–water partition coefficient (Wildman–Crippen LogP) is 2.00. The smallest absolute Gasteiger partial charge is 0.322 e. The summed E-state index contributed by atoms with van der Waals surface area (Å²) in [7, 11) is 1.57. The highest BCUT2D eigenvalue weighted by Crippen LogP contribution is 2.33. The fraction of sp³-hybridized carbons (Fsp3) is 0.450. The normalized spacial score (nSPS) is 22.9. The van der Waals surface area contributed by atoms with Crippen molar-refractivity contribution >= 4 is 34.9 Å². The second-order valence-electron chi connectivity index (χ2n) is 7.87. The molecule has 1 fully saturated rings. The van der Waals surface area contributed by atoms with Gasteiger partial charge in [0, 0.05) is 25.7 Å². The van der Waals surface area contributed by atoms with E-state index in [-0.39, 0.29) is 35.5 Å². The zero-order valence-corrected chi connectivity index (χ0v) is 17.9. The van der Waals surface area contributed by atoms with Crippen LogP contribution in [-0.2, 0) is 17.9 Å². The molecular formula is C20H24ClFN6O3. The van der Waals surface area contributed by atoms with E-state index in [1.807, 2.05) is 11.6 Å². The second-order valence-corrected chi connectivity index (χ2v) is 8.28. The van der Waals surface area contributed by atoms with E-state index in [1.54, 1.807) is 23.0 Å². The number of rotatable bonds is 3. The Hall–Kier alpha value is -2.85. The van der Waals surface area contributed by atoms with Gasteiger partial charge in [0.15, 0.2) is 0 Å². The molecule has 166 valence electrons. The number of aliphatic hydroxyl groups is 1. The van der Waals surface area contributed by atoms with Crippen LogP contribution < -0.4 is 15.5 Å². The molecule has 1 aromatic carbocycles. The lowest BCUT2D eigenvalue weighted by Crippen LogP contribution is -2.47. The molecule has 3 atom stereocenters. The van der Waals surface area contributed by atoms with E-state index in [1.165, 1.54) is 18.2 Å². The number of hydrogen-bond acceptors (Lipinski definition) is 5. The van der Waals surface area contributed by atoms with Crippen LogP contribution in [-0.4, -0.2) is 57.6 Å². The first-order chi connectivity index (χ1) is 14.8. The molecule has 31 heavy (non-hydrogen) atoms. The summed E-state index contributed by atoms with van der Waals surface area (Å²) in [5.74, 6) is -0.991. The SMILES string of the molecule is CNC(=O)C1CC(O)N(c2cnn3c2CN(C(=O)Nc2ccc(F)c(Cl)c2)[C@@H](C)C3)C1. The van der Waals surface area contributed by atoms with Gasteiger partial charge in [-0.3, -0.25) is 9.48 Å². The number of anilines is 2. The van der Waals surface area contributed by atoms with Gasteiger partial charge in [-0.1, -0.05) is 11.6 Å². The molecule has 2 aliphatic heterocycles. The van der Waals surface area contributed by atoms with E-state index in [0.29, 0.717) is 30.9 Å². The van der Waals surface area contributed by atoms with Crippen LogP contribution in [0.15, 0.2) is 24.4 Å². The van der Waals surface area contributed by atoms with Gasteiger partial charge in [-0.2, -0.15) is 5.10 Å². The minimum Gasteiger partial charge on any atom is -0.374 e. The van der Waals surface area contributed by atoms with Crippen LogP contribution in [0.3, 0.4) is 0 Å². The van der Waals surface area contributed by atoms with Gasteiger partial charge in [-0.15, -0.1) is 0 Å². The molecule has 4 rings (SSSR count). The maximum atomic E-state index is 13.4. The minimum absolute atomic E-state index is 0.0708. The highest BCUT2D eigenvalue weighted by Gasteiger charge is 2.38. The predicted molar refractivity (Wildman–Crippen MR) is 113 cm³/mol. The molecule has 0 bridgehead atoms. The number of hydrogen-bond donors (Lipinski definition) is 3. The first kappa shape index (κ1) is 21.4. The molecule has 1 aromatic heterocycles. The van der Waals surface area contributed by atoms with Crippen LogP contribution in [0.5, 0.6) is 0 Å². The summed E-state index contributed by atoms with van der Waals surface area (Å²) in [5.41, 5.74) is 1.88. The Labute approximate surface area is 183 Å². The Morgan fingerprint density at radius 3 is 2.81 bits per heavy atom. The van der Waals surface area contributed by atoms with Gasteiger partial charge in [0.1, 0.15) is 12.0 Å². The fourth-order valence-electron chi connectivity index (χ4n) is 4.14. The number of benzene rings is 1. The van der Waals surface area contributed by atoms with Crippen molar-refractivity contribution in [2.45, 2.75) is 38.7 Å². The quantitative estimate of drug-likeness (QED) is 0.663. The summed E-state index contributed by atoms with van der Waals surface area (Å²) < 4.78 is 15.2. The molecule has 3 heterocycles. The van der Waals surface area contributed by atoms with Gasteiger partial charge in [0.05, 0.1) is 47.7 Å². The number of aromatic nitrogens is 2. The van der Waals surface area contributed by atoms with Crippen molar-refractivity contribution in [3.05, 3.63) is 40.9 Å². The summed E-state index contributed by atoms with van der Waals surface area (Å²) >= 11 is 5.81. The molecule has 2 aromatic rings. The number of urea groups is 1. The number of carbonyl (C=O) groups is 2. The molecule has 3 amide bonds. The number of nitrogens with zero attached hydrogens (tertiary/aromatic N) is 4. The molecule has 0 spiro atoms. The highest BCUT2D eigenvalue weighted by molar-refractivity contribution is 6.31. The standard InChI is InChI=1S/C20H24ClFN6O3/c1-11-8-28-17(10-26(11)20(31)25-13-3-4-15(22)14(21)6-13)16(7-24-28)27-9-12(5-18(27)29)19(30)23-2/h3-4,6-7,11-12,18,29H,5,8-10H2,1-2H3,(H,23,30)(H,25,31)/t11-,12?,18?/m0/s1. The van der Waals surface area contributed by atoms with Crippen molar-refractivity contribution in [2.24, 2.45) is 5.92 Å². The molecule has 0 saturated carbocycles. The summed E-state index contributed by atoms with van der Waals surface area (Å²) in [6.07, 6.45) is 1.19. The molecule has 0 radical (unpaired) electrons. The number of aliphatic hydroxyl groups excluding tert-OH is 1. The van der Waals surface area contributed by atoms with Crippen molar-refractivity contribution in [1.82, 2.24) is 20.0 Å². The monoisotopic (exact) mass is 450 g/mol. The minimum atomic E-state index is -0.806. The van der Waals surface area contributed by atoms with Crippen molar-refractivity contribution in [3.63, 3.8) is 0 Å². The van der Waals surface area contributed by atoms with Gasteiger partial charge in [-0.05, 0) is 25.1 Å². The Morgan fingerprint density at radius 2 is 2.10 bits per heavy atom. The number of halogens is 2. The van der Waals surface area contributed by atoms with Crippen molar-refractivity contribution in [1.29, 1.82) is 0 Å². The van der Waals surface area contributed by atoms with E-state index in [2.05, 4.69) is 15.7 Å². The molecule has 1 saturated heterocycles. The summed E-state index contributed by atoms with van der Waals surface area (Å²) in [6.45, 7) is 3.03. The first-order valence-electron chi connectivity index (χ1n) is 10.0. The van der Waals surface area contributed by atoms with E-state index in [0.717, 1.165) is 5.69 Å².